The van der Waals surface area contributed by atoms with Crippen LogP contribution in [-0.4, -0.2) is 47.0 Å². The van der Waals surface area contributed by atoms with Gasteiger partial charge >= 0.3 is 6.03 Å². The van der Waals surface area contributed by atoms with Crippen molar-refractivity contribution in [2.24, 2.45) is 5.92 Å². The number of nitrogens with zero attached hydrogens (tertiary/aromatic N) is 3. The minimum Gasteiger partial charge on any atom is -0.356 e. The van der Waals surface area contributed by atoms with Gasteiger partial charge in [0.25, 0.3) is 5.91 Å². The van der Waals surface area contributed by atoms with E-state index in [1.807, 2.05) is 18.2 Å². The van der Waals surface area contributed by atoms with Gasteiger partial charge in [-0.15, -0.1) is 0 Å². The molecule has 3 fully saturated rings. The van der Waals surface area contributed by atoms with E-state index < -0.39 is 0 Å². The highest BCUT2D eigenvalue weighted by atomic mass is 16.2. The van der Waals surface area contributed by atoms with Gasteiger partial charge in [-0.3, -0.25) is 9.69 Å². The van der Waals surface area contributed by atoms with E-state index in [9.17, 15) is 9.59 Å². The van der Waals surface area contributed by atoms with Crippen LogP contribution in [0.3, 0.4) is 0 Å². The summed E-state index contributed by atoms with van der Waals surface area (Å²) in [5, 5.41) is 2.87. The number of carbonyl (C=O) groups is 2. The first-order valence-electron chi connectivity index (χ1n) is 8.03. The minimum absolute atomic E-state index is 0.0104. The standard InChI is InChI=1S/C16H20N4O2/c21-15-14(11-4-5-11)18-16(22)20(15)12-6-9-19(10-7-12)13-3-1-2-8-17-13/h1-3,8,11-12,14H,4-7,9-10H2,(H,18,22). The van der Waals surface area contributed by atoms with Crippen molar-refractivity contribution in [1.82, 2.24) is 15.2 Å². The highest BCUT2D eigenvalue weighted by Crippen LogP contribution is 2.36. The Bertz CT molecular complexity index is 579. The Balaban J connectivity index is 1.41. The molecule has 0 radical (unpaired) electrons. The topological polar surface area (TPSA) is 65.5 Å². The Hall–Kier alpha value is -2.11. The molecule has 2 saturated heterocycles. The molecule has 1 N–H and O–H groups in total. The zero-order chi connectivity index (χ0) is 15.1. The molecule has 4 rings (SSSR count). The van der Waals surface area contributed by atoms with Crippen LogP contribution in [0.2, 0.25) is 0 Å². The Morgan fingerprint density at radius 1 is 1.09 bits per heavy atom. The van der Waals surface area contributed by atoms with Crippen LogP contribution in [0.4, 0.5) is 10.6 Å². The van der Waals surface area contributed by atoms with Crippen molar-refractivity contribution >= 4 is 17.8 Å². The average Bonchev–Trinajstić information content (AvgIpc) is 3.35. The third-order valence-electron chi connectivity index (χ3n) is 4.90. The summed E-state index contributed by atoms with van der Waals surface area (Å²) in [5.41, 5.74) is 0. The van der Waals surface area contributed by atoms with E-state index in [0.717, 1.165) is 44.6 Å². The van der Waals surface area contributed by atoms with E-state index in [1.165, 1.54) is 4.90 Å². The molecule has 6 nitrogen and oxygen atoms in total. The summed E-state index contributed by atoms with van der Waals surface area (Å²) in [6.45, 7) is 1.65. The number of amides is 3. The monoisotopic (exact) mass is 300 g/mol. The van der Waals surface area contributed by atoms with Gasteiger partial charge in [0.15, 0.2) is 0 Å². The smallest absolute Gasteiger partial charge is 0.325 e. The lowest BCUT2D eigenvalue weighted by molar-refractivity contribution is -0.129. The minimum atomic E-state index is -0.263. The van der Waals surface area contributed by atoms with E-state index >= 15 is 0 Å². The van der Waals surface area contributed by atoms with Crippen LogP contribution in [-0.2, 0) is 4.79 Å². The first-order chi connectivity index (χ1) is 10.7. The van der Waals surface area contributed by atoms with Gasteiger partial charge in [0, 0.05) is 25.3 Å². The average molecular weight is 300 g/mol. The summed E-state index contributed by atoms with van der Waals surface area (Å²) in [5.74, 6) is 1.33. The van der Waals surface area contributed by atoms with Gasteiger partial charge in [-0.25, -0.2) is 9.78 Å². The van der Waals surface area contributed by atoms with Gasteiger partial charge in [-0.2, -0.15) is 0 Å². The predicted molar refractivity (Wildman–Crippen MR) is 81.4 cm³/mol. The summed E-state index contributed by atoms with van der Waals surface area (Å²) in [4.78, 5) is 32.7. The molecule has 0 aromatic carbocycles. The molecule has 1 saturated carbocycles. The number of rotatable bonds is 3. The second-order valence-electron chi connectivity index (χ2n) is 6.38. The molecular formula is C16H20N4O2. The Kier molecular flexibility index (Phi) is 3.24. The van der Waals surface area contributed by atoms with Gasteiger partial charge in [-0.05, 0) is 43.7 Å². The maximum absolute atomic E-state index is 12.5. The molecule has 1 aromatic rings. The first-order valence-corrected chi connectivity index (χ1v) is 8.03. The Morgan fingerprint density at radius 3 is 2.50 bits per heavy atom. The molecule has 0 spiro atoms. The molecular weight excluding hydrogens is 280 g/mol. The second kappa shape index (κ2) is 5.26. The molecule has 1 unspecified atom stereocenters. The summed E-state index contributed by atoms with van der Waals surface area (Å²) in [6.07, 6.45) is 5.53. The SMILES string of the molecule is O=C1NC(C2CC2)C(=O)N1C1CCN(c2ccccn2)CC1. The lowest BCUT2D eigenvalue weighted by Crippen LogP contribution is -2.48. The maximum Gasteiger partial charge on any atom is 0.325 e. The molecule has 116 valence electrons. The number of imide groups is 1. The van der Waals surface area contributed by atoms with Crippen LogP contribution in [0.25, 0.3) is 0 Å². The molecule has 1 atom stereocenters. The van der Waals surface area contributed by atoms with Gasteiger partial charge in [0.2, 0.25) is 0 Å². The number of hydrogen-bond donors (Lipinski definition) is 1. The third kappa shape index (κ3) is 2.32. The van der Waals surface area contributed by atoms with Crippen molar-refractivity contribution < 1.29 is 9.59 Å². The van der Waals surface area contributed by atoms with Gasteiger partial charge in [0.1, 0.15) is 11.9 Å². The van der Waals surface area contributed by atoms with Crippen molar-refractivity contribution in [3.05, 3.63) is 24.4 Å². The number of pyridine rings is 1. The van der Waals surface area contributed by atoms with E-state index in [-0.39, 0.29) is 24.0 Å². The van der Waals surface area contributed by atoms with Crippen LogP contribution in [0, 0.1) is 5.92 Å². The number of urea groups is 1. The normalized spacial score (nSPS) is 26.5. The van der Waals surface area contributed by atoms with Crippen molar-refractivity contribution in [3.63, 3.8) is 0 Å². The molecule has 6 heteroatoms. The second-order valence-corrected chi connectivity index (χ2v) is 6.38. The van der Waals surface area contributed by atoms with Gasteiger partial charge < -0.3 is 10.2 Å². The van der Waals surface area contributed by atoms with Gasteiger partial charge in [0.05, 0.1) is 0 Å². The quantitative estimate of drug-likeness (QED) is 0.857. The number of nitrogens with one attached hydrogen (secondary N) is 1. The molecule has 3 heterocycles. The molecule has 2 aliphatic heterocycles. The van der Waals surface area contributed by atoms with Crippen molar-refractivity contribution in [3.8, 4) is 0 Å². The van der Waals surface area contributed by atoms with Crippen LogP contribution in [0.1, 0.15) is 25.7 Å². The third-order valence-corrected chi connectivity index (χ3v) is 4.90. The summed E-state index contributed by atoms with van der Waals surface area (Å²) in [6, 6.07) is 5.45. The van der Waals surface area contributed by atoms with Crippen molar-refractivity contribution in [1.29, 1.82) is 0 Å². The lowest BCUT2D eigenvalue weighted by atomic mass is 10.0. The molecule has 0 bridgehead atoms. The van der Waals surface area contributed by atoms with Crippen LogP contribution < -0.4 is 10.2 Å². The maximum atomic E-state index is 12.5. The first kappa shape index (κ1) is 13.5. The summed E-state index contributed by atoms with van der Waals surface area (Å²) < 4.78 is 0. The molecule has 3 aliphatic rings. The number of carbonyl (C=O) groups excluding carboxylic acids is 2. The van der Waals surface area contributed by atoms with Crippen molar-refractivity contribution in [2.75, 3.05) is 18.0 Å². The summed E-state index contributed by atoms with van der Waals surface area (Å²) >= 11 is 0. The number of aromatic nitrogens is 1. The van der Waals surface area contributed by atoms with E-state index in [0.29, 0.717) is 5.92 Å². The highest BCUT2D eigenvalue weighted by molar-refractivity contribution is 6.04. The fourth-order valence-electron chi connectivity index (χ4n) is 3.50. The fourth-order valence-corrected chi connectivity index (χ4v) is 3.50. The Morgan fingerprint density at radius 2 is 1.86 bits per heavy atom. The number of anilines is 1. The number of piperidine rings is 1. The zero-order valence-electron chi connectivity index (χ0n) is 12.4. The largest absolute Gasteiger partial charge is 0.356 e. The summed E-state index contributed by atoms with van der Waals surface area (Å²) in [7, 11) is 0. The van der Waals surface area contributed by atoms with Crippen LogP contribution in [0.5, 0.6) is 0 Å². The molecule has 1 aromatic heterocycles. The zero-order valence-corrected chi connectivity index (χ0v) is 12.4. The fraction of sp³-hybridized carbons (Fsp3) is 0.562. The van der Waals surface area contributed by atoms with E-state index in [2.05, 4.69) is 15.2 Å². The van der Waals surface area contributed by atoms with E-state index in [1.54, 1.807) is 6.20 Å². The molecule has 22 heavy (non-hydrogen) atoms. The van der Waals surface area contributed by atoms with Crippen LogP contribution >= 0.6 is 0 Å². The Labute approximate surface area is 129 Å². The lowest BCUT2D eigenvalue weighted by Gasteiger charge is -2.35. The van der Waals surface area contributed by atoms with E-state index in [4.69, 9.17) is 0 Å². The van der Waals surface area contributed by atoms with Gasteiger partial charge in [-0.1, -0.05) is 6.07 Å². The molecule has 1 aliphatic carbocycles. The molecule has 3 amide bonds. The predicted octanol–water partition coefficient (Wildman–Crippen LogP) is 1.38. The van der Waals surface area contributed by atoms with Crippen LogP contribution in [0.15, 0.2) is 24.4 Å². The van der Waals surface area contributed by atoms with Crippen molar-refractivity contribution in [2.45, 2.75) is 37.8 Å². The number of hydrogen-bond acceptors (Lipinski definition) is 4. The highest BCUT2D eigenvalue weighted by Gasteiger charge is 2.48.